The summed E-state index contributed by atoms with van der Waals surface area (Å²) in [5.74, 6) is -9.65. The Hall–Kier alpha value is -0.530. The smallest absolute Gasteiger partial charge is 0.301 e. The highest BCUT2D eigenvalue weighted by Crippen LogP contribution is 2.87. The predicted octanol–water partition coefficient (Wildman–Crippen LogP) is 6.17. The molecular weight excluding hydrogens is 475 g/mol. The Morgan fingerprint density at radius 2 is 0.933 bits per heavy atom. The molecule has 0 N–H and O–H groups in total. The molecule has 3 atom stereocenters. The summed E-state index contributed by atoms with van der Waals surface area (Å²) in [4.78, 5) is 0. The molecule has 0 radical (unpaired) electrons. The minimum Gasteiger partial charge on any atom is -0.301 e. The Bertz CT molecular complexity index is 663. The molecule has 0 aromatic heterocycles. The van der Waals surface area contributed by atoms with Gasteiger partial charge in [-0.2, -0.15) is 52.7 Å². The van der Waals surface area contributed by atoms with Crippen LogP contribution in [0.3, 0.4) is 0 Å². The van der Waals surface area contributed by atoms with E-state index in [0.717, 1.165) is 20.8 Å². The maximum atomic E-state index is 14.2. The lowest BCUT2D eigenvalue weighted by Gasteiger charge is -2.72. The van der Waals surface area contributed by atoms with Crippen LogP contribution in [0.2, 0.25) is 0 Å². The summed E-state index contributed by atoms with van der Waals surface area (Å²) in [6.45, 7) is 2.53. The van der Waals surface area contributed by atoms with Gasteiger partial charge in [-0.15, -0.1) is 0 Å². The maximum Gasteiger partial charge on any atom is 0.447 e. The molecule has 3 nitrogen and oxygen atoms in total. The fourth-order valence-corrected chi connectivity index (χ4v) is 8.82. The van der Waals surface area contributed by atoms with Gasteiger partial charge in [-0.3, -0.25) is 9.47 Å². The van der Waals surface area contributed by atoms with E-state index >= 15 is 0 Å². The normalized spacial score (nSPS) is 42.7. The average molecular weight is 488 g/mol. The van der Waals surface area contributed by atoms with Gasteiger partial charge >= 0.3 is 24.7 Å². The molecule has 4 rings (SSSR count). The van der Waals surface area contributed by atoms with Crippen molar-refractivity contribution in [3.05, 3.63) is 0 Å². The van der Waals surface area contributed by atoms with Crippen LogP contribution >= 0.6 is 7.92 Å². The van der Waals surface area contributed by atoms with Crippen molar-refractivity contribution in [2.24, 2.45) is 0 Å². The zero-order chi connectivity index (χ0) is 23.6. The van der Waals surface area contributed by atoms with E-state index in [9.17, 15) is 52.7 Å². The van der Waals surface area contributed by atoms with Gasteiger partial charge in [0.1, 0.15) is 5.16 Å². The van der Waals surface area contributed by atoms with Crippen molar-refractivity contribution in [3.8, 4) is 0 Å². The molecule has 0 spiro atoms. The molecule has 0 aromatic carbocycles. The summed E-state index contributed by atoms with van der Waals surface area (Å²) in [5, 5.41) is -6.16. The van der Waals surface area contributed by atoms with Crippen LogP contribution in [0.1, 0.15) is 33.6 Å². The van der Waals surface area contributed by atoms with E-state index in [1.165, 1.54) is 0 Å². The molecule has 4 fully saturated rings. The lowest BCUT2D eigenvalue weighted by Crippen LogP contribution is -2.85. The summed E-state index contributed by atoms with van der Waals surface area (Å²) in [7, 11) is -3.92. The standard InChI is InChI=1S/C14H13F12O3P/c1-6(2,3)30-7(10(15,16)17)4-8(11(18,19)20)27-9(5-7,12(21,22)23)29-14(30,28-8)13(24,25)26/h4-5H2,1-3H3. The number of alkyl halides is 12. The third-order valence-electron chi connectivity index (χ3n) is 5.13. The quantitative estimate of drug-likeness (QED) is 0.302. The van der Waals surface area contributed by atoms with Crippen molar-refractivity contribution in [1.29, 1.82) is 0 Å². The highest BCUT2D eigenvalue weighted by molar-refractivity contribution is 7.62. The minimum atomic E-state index is -6.18. The molecule has 4 aliphatic rings. The summed E-state index contributed by atoms with van der Waals surface area (Å²) in [6.07, 6.45) is -29.0. The fourth-order valence-electron chi connectivity index (χ4n) is 4.37. The van der Waals surface area contributed by atoms with E-state index in [2.05, 4.69) is 14.2 Å². The van der Waals surface area contributed by atoms with Crippen LogP contribution in [0.5, 0.6) is 0 Å². The first kappa shape index (κ1) is 24.1. The van der Waals surface area contributed by atoms with Crippen LogP contribution in [0.15, 0.2) is 0 Å². The molecule has 4 saturated heterocycles. The van der Waals surface area contributed by atoms with Gasteiger partial charge in [0.25, 0.3) is 17.1 Å². The summed E-state index contributed by atoms with van der Waals surface area (Å²) in [6, 6.07) is 0. The van der Waals surface area contributed by atoms with Gasteiger partial charge in [0.2, 0.25) is 0 Å². The first-order chi connectivity index (χ1) is 12.9. The van der Waals surface area contributed by atoms with E-state index in [1.807, 2.05) is 0 Å². The molecule has 3 unspecified atom stereocenters. The van der Waals surface area contributed by atoms with Crippen molar-refractivity contribution in [2.45, 2.75) is 85.7 Å². The molecule has 0 saturated carbocycles. The van der Waals surface area contributed by atoms with E-state index in [1.54, 1.807) is 0 Å². The second kappa shape index (κ2) is 5.69. The Kier molecular flexibility index (Phi) is 4.57. The van der Waals surface area contributed by atoms with Gasteiger partial charge in [0.15, 0.2) is 0 Å². The van der Waals surface area contributed by atoms with Gasteiger partial charge in [-0.25, -0.2) is 0 Å². The van der Waals surface area contributed by atoms with E-state index < -0.39 is 72.9 Å². The van der Waals surface area contributed by atoms with E-state index in [4.69, 9.17) is 0 Å². The molecule has 176 valence electrons. The lowest BCUT2D eigenvalue weighted by atomic mass is 9.83. The topological polar surface area (TPSA) is 27.7 Å². The van der Waals surface area contributed by atoms with Crippen LogP contribution < -0.4 is 0 Å². The highest BCUT2D eigenvalue weighted by Gasteiger charge is 2.95. The number of hydrogen-bond acceptors (Lipinski definition) is 3. The molecule has 30 heavy (non-hydrogen) atoms. The Morgan fingerprint density at radius 3 is 1.17 bits per heavy atom. The maximum absolute atomic E-state index is 14.2. The van der Waals surface area contributed by atoms with Crippen LogP contribution in [0, 0.1) is 0 Å². The van der Waals surface area contributed by atoms with E-state index in [0.29, 0.717) is 0 Å². The van der Waals surface area contributed by atoms with Crippen molar-refractivity contribution in [1.82, 2.24) is 0 Å². The second-order valence-electron chi connectivity index (χ2n) is 8.28. The van der Waals surface area contributed by atoms with Crippen LogP contribution in [0.4, 0.5) is 52.7 Å². The predicted molar refractivity (Wildman–Crippen MR) is 74.3 cm³/mol. The Morgan fingerprint density at radius 1 is 0.567 bits per heavy atom. The van der Waals surface area contributed by atoms with Crippen molar-refractivity contribution in [3.63, 3.8) is 0 Å². The number of hydrogen-bond donors (Lipinski definition) is 0. The van der Waals surface area contributed by atoms with Crippen molar-refractivity contribution < 1.29 is 66.9 Å². The zero-order valence-electron chi connectivity index (χ0n) is 15.1. The van der Waals surface area contributed by atoms with Crippen LogP contribution in [0.25, 0.3) is 0 Å². The molecule has 0 aliphatic carbocycles. The lowest BCUT2D eigenvalue weighted by molar-refractivity contribution is -0.614. The van der Waals surface area contributed by atoms with Crippen molar-refractivity contribution in [2.75, 3.05) is 0 Å². The number of ether oxygens (including phenoxy) is 3. The summed E-state index contributed by atoms with van der Waals surface area (Å²) in [5.41, 5.74) is -4.82. The van der Waals surface area contributed by atoms with Gasteiger partial charge in [0.05, 0.1) is 0 Å². The molecule has 0 aromatic rings. The first-order valence-electron chi connectivity index (χ1n) is 8.08. The first-order valence-corrected chi connectivity index (χ1v) is 9.42. The van der Waals surface area contributed by atoms with Crippen LogP contribution in [-0.4, -0.2) is 52.1 Å². The molecule has 0 amide bonds. The van der Waals surface area contributed by atoms with Crippen LogP contribution in [-0.2, 0) is 14.2 Å². The third kappa shape index (κ3) is 2.76. The van der Waals surface area contributed by atoms with Gasteiger partial charge in [-0.05, 0) is 13.1 Å². The number of halogens is 12. The minimum absolute atomic E-state index is 0.843. The molecule has 4 heterocycles. The van der Waals surface area contributed by atoms with Gasteiger partial charge < -0.3 is 4.74 Å². The van der Waals surface area contributed by atoms with Gasteiger partial charge in [0, 0.05) is 12.8 Å². The Labute approximate surface area is 161 Å². The second-order valence-corrected chi connectivity index (χ2v) is 11.7. The van der Waals surface area contributed by atoms with Gasteiger partial charge in [-0.1, -0.05) is 20.8 Å². The van der Waals surface area contributed by atoms with E-state index in [-0.39, 0.29) is 0 Å². The zero-order valence-corrected chi connectivity index (χ0v) is 16.0. The fraction of sp³-hybridized carbons (Fsp3) is 1.00. The SMILES string of the molecule is CC(C)(C)P1C2(C(F)(F)F)CC3(C(F)(F)F)OC(C(F)(F)F)(C2)OC1(C(F)(F)F)O3. The monoisotopic (exact) mass is 488 g/mol. The molecule has 16 heteroatoms. The average Bonchev–Trinajstić information content (AvgIpc) is 2.39. The van der Waals surface area contributed by atoms with Crippen molar-refractivity contribution >= 4 is 7.92 Å². The molecule has 4 bridgehead atoms. The third-order valence-corrected chi connectivity index (χ3v) is 8.92. The largest absolute Gasteiger partial charge is 0.447 e. The highest BCUT2D eigenvalue weighted by atomic mass is 31.1. The Balaban J connectivity index is 2.48. The molecular formula is C14H13F12O3P. The number of rotatable bonds is 0. The summed E-state index contributed by atoms with van der Waals surface area (Å²) >= 11 is 0. The molecule has 4 aliphatic heterocycles. The summed E-state index contributed by atoms with van der Waals surface area (Å²) < 4.78 is 179.